The van der Waals surface area contributed by atoms with Crippen molar-refractivity contribution in [2.24, 2.45) is 0 Å². The van der Waals surface area contributed by atoms with Gasteiger partial charge in [0.2, 0.25) is 0 Å². The average molecular weight is 318 g/mol. The van der Waals surface area contributed by atoms with Gasteiger partial charge in [-0.25, -0.2) is 0 Å². The Morgan fingerprint density at radius 3 is 2.67 bits per heavy atom. The Labute approximate surface area is 129 Å². The molecule has 0 radical (unpaired) electrons. The summed E-state index contributed by atoms with van der Waals surface area (Å²) in [7, 11) is 0. The Morgan fingerprint density at radius 2 is 2.06 bits per heavy atom. The van der Waals surface area contributed by atoms with E-state index >= 15 is 0 Å². The van der Waals surface area contributed by atoms with Crippen molar-refractivity contribution in [1.29, 1.82) is 0 Å². The number of halogens is 2. The number of amides is 1. The Kier molecular flexibility index (Phi) is 5.48. The Bertz CT molecular complexity index is 498. The summed E-state index contributed by atoms with van der Waals surface area (Å²) in [5, 5.41) is 0. The fourth-order valence-corrected chi connectivity index (χ4v) is 3.37. The summed E-state index contributed by atoms with van der Waals surface area (Å²) in [6.45, 7) is 3.11. The minimum absolute atomic E-state index is 0. The number of allylic oxidation sites excluding steroid dienone is 1. The van der Waals surface area contributed by atoms with Crippen LogP contribution in [0.15, 0.2) is 23.8 Å². The predicted octanol–water partition coefficient (Wildman–Crippen LogP) is -3.47. The maximum atomic E-state index is 12.2. The van der Waals surface area contributed by atoms with Crippen molar-refractivity contribution in [3.8, 4) is 0 Å². The molecule has 0 aromatic heterocycles. The van der Waals surface area contributed by atoms with Crippen LogP contribution < -0.4 is 24.8 Å². The molecule has 1 aliphatic carbocycles. The van der Waals surface area contributed by atoms with Gasteiger partial charge in [-0.05, 0) is 0 Å². The minimum Gasteiger partial charge on any atom is -1.00 e. The number of hydrogen-bond donors (Lipinski definition) is 0. The van der Waals surface area contributed by atoms with Gasteiger partial charge in [-0.15, -0.1) is 0 Å². The van der Waals surface area contributed by atoms with E-state index in [-0.39, 0.29) is 50.1 Å². The van der Waals surface area contributed by atoms with Crippen molar-refractivity contribution in [2.45, 2.75) is 18.1 Å². The Balaban J connectivity index is 0.000000810. The monoisotopic (exact) mass is 317 g/mol. The second-order valence-electron chi connectivity index (χ2n) is 4.41. The van der Waals surface area contributed by atoms with Crippen LogP contribution in [0.3, 0.4) is 0 Å². The van der Waals surface area contributed by atoms with E-state index in [1.165, 1.54) is 21.4 Å². The molecule has 18 heavy (non-hydrogen) atoms. The second-order valence-corrected chi connectivity index (χ2v) is 6.53. The third-order valence-corrected chi connectivity index (χ3v) is 5.13. The van der Waals surface area contributed by atoms with Crippen LogP contribution in [0.2, 0.25) is 4.73 Å². The molecule has 2 nitrogen and oxygen atoms in total. The molecule has 5 heteroatoms. The molecule has 3 rings (SSSR count). The predicted molar refractivity (Wildman–Crippen MR) is 59.6 cm³/mol. The molecular formula is C13H13Cl2NOTi. The van der Waals surface area contributed by atoms with Crippen LogP contribution in [0.4, 0.5) is 0 Å². The molecule has 0 bridgehead atoms. The number of carbonyl (C=O) groups excluding carboxylic acids is 1. The van der Waals surface area contributed by atoms with Crippen molar-refractivity contribution < 1.29 is 49.0 Å². The van der Waals surface area contributed by atoms with Gasteiger partial charge in [-0.1, -0.05) is 0 Å². The van der Waals surface area contributed by atoms with E-state index in [2.05, 4.69) is 22.4 Å². The van der Waals surface area contributed by atoms with Gasteiger partial charge in [0.25, 0.3) is 0 Å². The molecule has 0 atom stereocenters. The van der Waals surface area contributed by atoms with E-state index < -0.39 is 0 Å². The summed E-state index contributed by atoms with van der Waals surface area (Å²) in [5.41, 5.74) is 4.75. The number of carbonyl (C=O) groups is 1. The van der Waals surface area contributed by atoms with Crippen LogP contribution in [0.25, 0.3) is 6.08 Å². The molecular weight excluding hydrogens is 305 g/mol. The number of hydrogen-bond acceptors (Lipinski definition) is 1. The quantitative estimate of drug-likeness (QED) is 0.493. The molecule has 1 fully saturated rings. The molecule has 0 spiro atoms. The first kappa shape index (κ1) is 15.8. The maximum absolute atomic E-state index is 12.2. The summed E-state index contributed by atoms with van der Waals surface area (Å²) in [6.07, 6.45) is 3.18. The zero-order valence-electron chi connectivity index (χ0n) is 10.0. The Morgan fingerprint density at radius 1 is 1.33 bits per heavy atom. The standard InChI is InChI=1S/C13H14NO.2ClH.Ti/c1-3-14-13(15)11-6-4-5-10-7-9(2)8-12(10)11;;;/h4-6,8H,1,3,7H2,2H3,(H,14,15);2*1H;/q;;;+3/p-3. The topological polar surface area (TPSA) is 20.3 Å². The van der Waals surface area contributed by atoms with Gasteiger partial charge in [0.05, 0.1) is 0 Å². The first-order valence-electron chi connectivity index (χ1n) is 5.60. The fraction of sp³-hybridized carbons (Fsp3) is 0.308. The first-order valence-corrected chi connectivity index (χ1v) is 7.40. The van der Waals surface area contributed by atoms with Gasteiger partial charge in [0.15, 0.2) is 0 Å². The third-order valence-electron chi connectivity index (χ3n) is 3.17. The molecule has 1 aliphatic heterocycles. The zero-order chi connectivity index (χ0) is 11.1. The molecule has 0 unspecified atom stereocenters. The summed E-state index contributed by atoms with van der Waals surface area (Å²) < 4.78 is 3.33. The van der Waals surface area contributed by atoms with Crippen LogP contribution in [-0.2, 0) is 25.8 Å². The van der Waals surface area contributed by atoms with Crippen LogP contribution in [0.5, 0.6) is 0 Å². The third kappa shape index (κ3) is 2.67. The molecule has 0 saturated carbocycles. The molecule has 94 valence electrons. The van der Waals surface area contributed by atoms with E-state index in [0.29, 0.717) is 0 Å². The molecule has 1 amide bonds. The molecule has 1 aromatic rings. The van der Waals surface area contributed by atoms with Crippen molar-refractivity contribution >= 4 is 12.0 Å². The van der Waals surface area contributed by atoms with Crippen molar-refractivity contribution in [2.75, 3.05) is 6.54 Å². The summed E-state index contributed by atoms with van der Waals surface area (Å²) in [5.74, 6) is 0.258. The van der Waals surface area contributed by atoms with Crippen molar-refractivity contribution in [3.63, 3.8) is 0 Å². The number of rotatable bonds is 1. The van der Waals surface area contributed by atoms with E-state index in [1.807, 2.05) is 12.1 Å². The average Bonchev–Trinajstić information content (AvgIpc) is 2.54. The van der Waals surface area contributed by atoms with Crippen LogP contribution in [0.1, 0.15) is 28.4 Å². The molecule has 0 N–H and O–H groups in total. The van der Waals surface area contributed by atoms with Crippen molar-refractivity contribution in [3.05, 3.63) is 40.5 Å². The molecule has 1 saturated heterocycles. The van der Waals surface area contributed by atoms with Crippen LogP contribution in [-0.4, -0.2) is 15.8 Å². The van der Waals surface area contributed by atoms with Gasteiger partial charge < -0.3 is 24.8 Å². The van der Waals surface area contributed by atoms with Gasteiger partial charge >= 0.3 is 105 Å². The normalized spacial score (nSPS) is 14.9. The minimum atomic E-state index is -0.122. The molecule has 1 heterocycles. The maximum Gasteiger partial charge on any atom is -1.00 e. The van der Waals surface area contributed by atoms with Gasteiger partial charge in [-0.3, -0.25) is 0 Å². The van der Waals surface area contributed by atoms with E-state index in [4.69, 9.17) is 0 Å². The molecule has 1 aromatic carbocycles. The van der Waals surface area contributed by atoms with Gasteiger partial charge in [0.1, 0.15) is 0 Å². The van der Waals surface area contributed by atoms with E-state index in [9.17, 15) is 4.79 Å². The van der Waals surface area contributed by atoms with Gasteiger partial charge in [0, 0.05) is 0 Å². The summed E-state index contributed by atoms with van der Waals surface area (Å²) >= 11 is -0.122. The van der Waals surface area contributed by atoms with Crippen LogP contribution in [0, 0.1) is 0 Å². The molecule has 2 aliphatic rings. The zero-order valence-corrected chi connectivity index (χ0v) is 13.1. The summed E-state index contributed by atoms with van der Waals surface area (Å²) in [6, 6.07) is 6.12. The fourth-order valence-electron chi connectivity index (χ4n) is 2.26. The second kappa shape index (κ2) is 6.25. The Hall–Kier alpha value is -0.276. The van der Waals surface area contributed by atoms with E-state index in [1.54, 1.807) is 0 Å². The first-order chi connectivity index (χ1) is 7.75. The van der Waals surface area contributed by atoms with Gasteiger partial charge in [-0.2, -0.15) is 0 Å². The largest absolute Gasteiger partial charge is 1.00 e. The number of fused-ring (bicyclic) bond motifs is 1. The van der Waals surface area contributed by atoms with Crippen molar-refractivity contribution in [1.82, 2.24) is 3.38 Å². The van der Waals surface area contributed by atoms with E-state index in [0.717, 1.165) is 18.5 Å². The number of benzene rings is 1. The smallest absolute Gasteiger partial charge is 1.00 e. The van der Waals surface area contributed by atoms with Crippen LogP contribution >= 0.6 is 0 Å². The number of nitrogens with zero attached hydrogens (tertiary/aromatic N) is 1. The SMILES string of the molecule is CC1=Cc2c(cccc2C(=O)[N]2C[CH2][Ti+2]2)C1.[Cl-].[Cl-]. The summed E-state index contributed by atoms with van der Waals surface area (Å²) in [4.78, 5) is 12.2.